The molecule has 20 heteroatoms. The van der Waals surface area contributed by atoms with Gasteiger partial charge >= 0.3 is 12.1 Å². The zero-order chi connectivity index (χ0) is 41.8. The molecular weight excluding hydrogens is 795 g/mol. The highest BCUT2D eigenvalue weighted by molar-refractivity contribution is 6.34. The third kappa shape index (κ3) is 9.59. The van der Waals surface area contributed by atoms with Crippen molar-refractivity contribution in [1.29, 1.82) is 0 Å². The number of amides is 3. The molecule has 3 aliphatic rings. The Kier molecular flexibility index (Phi) is 12.6. The fourth-order valence-corrected chi connectivity index (χ4v) is 8.36. The van der Waals surface area contributed by atoms with Crippen LogP contribution in [-0.2, 0) is 28.6 Å². The lowest BCUT2D eigenvalue weighted by molar-refractivity contribution is -0.144. The Morgan fingerprint density at radius 1 is 0.966 bits per heavy atom. The van der Waals surface area contributed by atoms with Gasteiger partial charge in [0.15, 0.2) is 5.82 Å². The summed E-state index contributed by atoms with van der Waals surface area (Å²) in [6, 6.07) is 7.74. The van der Waals surface area contributed by atoms with E-state index in [1.807, 2.05) is 9.80 Å². The second-order valence-electron chi connectivity index (χ2n) is 15.2. The van der Waals surface area contributed by atoms with Crippen LogP contribution in [0.15, 0.2) is 42.7 Å². The van der Waals surface area contributed by atoms with Gasteiger partial charge in [-0.3, -0.25) is 34.2 Å². The molecule has 4 aromatic rings. The summed E-state index contributed by atoms with van der Waals surface area (Å²) < 4.78 is 41.9. The number of imidazole rings is 1. The quantitative estimate of drug-likeness (QED) is 0.115. The Morgan fingerprint density at radius 2 is 1.69 bits per heavy atom. The predicted molar refractivity (Wildman–Crippen MR) is 210 cm³/mol. The first kappa shape index (κ1) is 41.8. The number of anilines is 1. The summed E-state index contributed by atoms with van der Waals surface area (Å²) >= 11 is 6.56. The molecule has 0 spiro atoms. The first-order valence-corrected chi connectivity index (χ1v) is 19.8. The van der Waals surface area contributed by atoms with Crippen molar-refractivity contribution in [2.24, 2.45) is 23.5 Å². The number of H-pyrrole nitrogens is 2. The van der Waals surface area contributed by atoms with Gasteiger partial charge in [0, 0.05) is 67.9 Å². The van der Waals surface area contributed by atoms with Crippen molar-refractivity contribution in [3.8, 4) is 11.4 Å². The highest BCUT2D eigenvalue weighted by atomic mass is 35.5. The van der Waals surface area contributed by atoms with Crippen molar-refractivity contribution >= 4 is 41.0 Å². The smallest absolute Gasteiger partial charge is 0.433 e. The zero-order valence-corrected chi connectivity index (χ0v) is 32.8. The van der Waals surface area contributed by atoms with Gasteiger partial charge in [-0.25, -0.2) is 4.98 Å². The molecule has 0 bridgehead atoms. The topological polar surface area (TPSA) is 219 Å². The Bertz CT molecular complexity index is 2160. The maximum atomic E-state index is 14.0. The first-order valence-electron chi connectivity index (χ1n) is 19.5. The van der Waals surface area contributed by atoms with Crippen molar-refractivity contribution in [2.75, 3.05) is 70.8 Å². The Labute approximate surface area is 342 Å². The summed E-state index contributed by atoms with van der Waals surface area (Å²) in [6.07, 6.45) is -0.124. The van der Waals surface area contributed by atoms with E-state index in [1.54, 1.807) is 17.0 Å². The van der Waals surface area contributed by atoms with E-state index in [9.17, 15) is 37.5 Å². The molecule has 7 N–H and O–H groups in total. The maximum absolute atomic E-state index is 14.0. The van der Waals surface area contributed by atoms with E-state index < -0.39 is 23.7 Å². The molecule has 0 aliphatic carbocycles. The molecule has 3 amide bonds. The van der Waals surface area contributed by atoms with E-state index in [0.717, 1.165) is 31.5 Å². The number of nitrogens with two attached hydrogens (primary N) is 1. The normalized spacial score (nSPS) is 17.4. The molecule has 16 nitrogen and oxygen atoms in total. The summed E-state index contributed by atoms with van der Waals surface area (Å²) in [6.45, 7) is 4.59. The summed E-state index contributed by atoms with van der Waals surface area (Å²) in [4.78, 5) is 68.4. The summed E-state index contributed by atoms with van der Waals surface area (Å²) in [5.74, 6) is -1.70. The average Bonchev–Trinajstić information content (AvgIpc) is 3.85. The Morgan fingerprint density at radius 3 is 2.31 bits per heavy atom. The highest BCUT2D eigenvalue weighted by Gasteiger charge is 2.42. The number of alkyl halides is 3. The number of hydrogen-bond donors (Lipinski definition) is 6. The van der Waals surface area contributed by atoms with Gasteiger partial charge in [-0.15, -0.1) is 0 Å². The van der Waals surface area contributed by atoms with Crippen molar-refractivity contribution in [2.45, 2.75) is 31.9 Å². The molecular formula is C39H45ClF3N11O5. The van der Waals surface area contributed by atoms with E-state index in [0.29, 0.717) is 52.2 Å². The van der Waals surface area contributed by atoms with Crippen molar-refractivity contribution in [1.82, 2.24) is 45.2 Å². The molecule has 314 valence electrons. The third-order valence-electron chi connectivity index (χ3n) is 11.3. The molecule has 3 saturated heterocycles. The molecule has 1 aromatic carbocycles. The monoisotopic (exact) mass is 839 g/mol. The Balaban J connectivity index is 0.949. The highest BCUT2D eigenvalue weighted by Crippen LogP contribution is 2.37. The summed E-state index contributed by atoms with van der Waals surface area (Å²) in [5.41, 5.74) is 6.15. The van der Waals surface area contributed by atoms with Crippen LogP contribution in [0.1, 0.15) is 56.3 Å². The average molecular weight is 840 g/mol. The van der Waals surface area contributed by atoms with E-state index in [1.165, 1.54) is 30.6 Å². The van der Waals surface area contributed by atoms with E-state index in [-0.39, 0.29) is 87.3 Å². The van der Waals surface area contributed by atoms with Crippen LogP contribution in [0.5, 0.6) is 0 Å². The number of aliphatic carboxylic acids is 1. The number of halogens is 4. The van der Waals surface area contributed by atoms with Crippen molar-refractivity contribution < 1.29 is 37.5 Å². The molecule has 0 radical (unpaired) electrons. The van der Waals surface area contributed by atoms with E-state index in [4.69, 9.17) is 17.3 Å². The number of carbonyl (C=O) groups excluding carboxylic acids is 3. The molecule has 1 unspecified atom stereocenters. The fourth-order valence-electron chi connectivity index (χ4n) is 8.10. The van der Waals surface area contributed by atoms with Gasteiger partial charge in [0.2, 0.25) is 5.91 Å². The molecule has 1 atom stereocenters. The number of carbonyl (C=O) groups is 4. The number of hydrogen-bond acceptors (Lipinski definition) is 10. The SMILES string of the molecule is NCCc1ccc(-c2n[nH]c(C(F)(F)F)c2Cc2cnc(C(=O)Nc3ccc(C(=O)N4CCN(C(=O)C(C5CCN(CC(=O)O)CC5)C5CNC5)CC4)c(Cl)c3)[nH]2)nc1. The van der Waals surface area contributed by atoms with E-state index >= 15 is 0 Å². The van der Waals surface area contributed by atoms with Gasteiger partial charge < -0.3 is 36.3 Å². The second kappa shape index (κ2) is 17.9. The van der Waals surface area contributed by atoms with Crippen LogP contribution in [0, 0.1) is 17.8 Å². The lowest BCUT2D eigenvalue weighted by Crippen LogP contribution is -2.58. The number of benzene rings is 1. The number of pyridine rings is 1. The number of nitrogens with one attached hydrogen (secondary N) is 4. The van der Waals surface area contributed by atoms with Gasteiger partial charge in [-0.2, -0.15) is 18.3 Å². The molecule has 3 aromatic heterocycles. The van der Waals surface area contributed by atoms with Gasteiger partial charge in [0.1, 0.15) is 11.4 Å². The molecule has 6 heterocycles. The van der Waals surface area contributed by atoms with E-state index in [2.05, 4.69) is 35.8 Å². The van der Waals surface area contributed by atoms with Gasteiger partial charge in [-0.1, -0.05) is 17.7 Å². The third-order valence-corrected chi connectivity index (χ3v) is 11.6. The number of piperazine rings is 1. The van der Waals surface area contributed by atoms with Crippen molar-refractivity contribution in [3.63, 3.8) is 0 Å². The van der Waals surface area contributed by atoms with Gasteiger partial charge in [0.25, 0.3) is 11.8 Å². The molecule has 0 saturated carbocycles. The molecule has 59 heavy (non-hydrogen) atoms. The Hall–Kier alpha value is -5.37. The molecule has 3 aliphatic heterocycles. The van der Waals surface area contributed by atoms with Crippen LogP contribution in [0.4, 0.5) is 18.9 Å². The predicted octanol–water partition coefficient (Wildman–Crippen LogP) is 3.13. The van der Waals surface area contributed by atoms with Crippen LogP contribution in [0.25, 0.3) is 11.4 Å². The number of nitrogens with zero attached hydrogens (tertiary/aromatic N) is 6. The van der Waals surface area contributed by atoms with Crippen LogP contribution in [-0.4, -0.2) is 134 Å². The van der Waals surface area contributed by atoms with Crippen LogP contribution < -0.4 is 16.4 Å². The summed E-state index contributed by atoms with van der Waals surface area (Å²) in [7, 11) is 0. The number of aromatic amines is 2. The van der Waals surface area contributed by atoms with Crippen molar-refractivity contribution in [3.05, 3.63) is 81.7 Å². The second-order valence-corrected chi connectivity index (χ2v) is 15.6. The standard InChI is InChI=1S/C39H45ClF3N11O5/c40-29-16-25(49-36(57)35-47-20-26(48-35)15-28-33(50-51-34(28)39(41,42)43)30-4-1-22(5-8-44)17-46-30)2-3-27(29)37(58)53-11-13-54(14-12-53)38(59)32(24-18-45-19-24)23-6-9-52(10-7-23)21-31(55)56/h1-4,16-17,20,23-24,32,45H,5-15,18-19,21,44H2,(H,47,48)(H,49,57)(H,50,51)(H,55,56). The fraction of sp³-hybridized carbons (Fsp3) is 0.462. The summed E-state index contributed by atoms with van der Waals surface area (Å²) in [5, 5.41) is 21.2. The minimum atomic E-state index is -4.73. The van der Waals surface area contributed by atoms with Crippen LogP contribution >= 0.6 is 11.6 Å². The van der Waals surface area contributed by atoms with Gasteiger partial charge in [-0.05, 0) is 93.7 Å². The maximum Gasteiger partial charge on any atom is 0.433 e. The number of aromatic nitrogens is 5. The minimum absolute atomic E-state index is 0.000316. The number of carboxylic acids is 1. The number of likely N-dealkylation sites (tertiary alicyclic amines) is 1. The molecule has 3 fully saturated rings. The number of rotatable bonds is 13. The van der Waals surface area contributed by atoms with Crippen LogP contribution in [0.3, 0.4) is 0 Å². The van der Waals surface area contributed by atoms with Crippen LogP contribution in [0.2, 0.25) is 5.02 Å². The lowest BCUT2D eigenvalue weighted by Gasteiger charge is -2.45. The van der Waals surface area contributed by atoms with Gasteiger partial charge in [0.05, 0.1) is 22.8 Å². The number of carboxylic acid groups (broad SMARTS) is 1. The minimum Gasteiger partial charge on any atom is -0.480 e. The lowest BCUT2D eigenvalue weighted by atomic mass is 9.73. The zero-order valence-electron chi connectivity index (χ0n) is 32.0. The number of piperidine rings is 1. The largest absolute Gasteiger partial charge is 0.480 e. The molecule has 7 rings (SSSR count). The first-order chi connectivity index (χ1) is 28.3.